The van der Waals surface area contributed by atoms with Gasteiger partial charge in [-0.1, -0.05) is 0 Å². The summed E-state index contributed by atoms with van der Waals surface area (Å²) in [6.07, 6.45) is 2.87. The quantitative estimate of drug-likeness (QED) is 0.463. The molecule has 136 valence electrons. The van der Waals surface area contributed by atoms with Crippen LogP contribution in [0.25, 0.3) is 6.08 Å². The highest BCUT2D eigenvalue weighted by Crippen LogP contribution is 2.29. The molecule has 2 aromatic rings. The maximum atomic E-state index is 12.2. The van der Waals surface area contributed by atoms with E-state index in [-0.39, 0.29) is 11.4 Å². The van der Waals surface area contributed by atoms with Gasteiger partial charge in [-0.25, -0.2) is 0 Å². The molecule has 0 saturated carbocycles. The lowest BCUT2D eigenvalue weighted by molar-refractivity contribution is -0.384. The fraction of sp³-hybridized carbons (Fsp3) is 0.167. The molecule has 0 aliphatic carbocycles. The highest BCUT2D eigenvalue weighted by atomic mass is 16.6. The predicted octanol–water partition coefficient (Wildman–Crippen LogP) is 3.27. The number of non-ortho nitro benzene ring substituents is 1. The number of nitrogens with one attached hydrogen (secondary N) is 1. The Labute approximate surface area is 150 Å². The molecule has 0 spiro atoms. The molecular formula is C18H18N2O6. The number of carbonyl (C=O) groups is 1. The largest absolute Gasteiger partial charge is 0.497 e. The van der Waals surface area contributed by atoms with Crippen molar-refractivity contribution in [3.05, 3.63) is 58.2 Å². The maximum absolute atomic E-state index is 12.2. The number of amides is 1. The fourth-order valence-electron chi connectivity index (χ4n) is 2.18. The first-order valence-corrected chi connectivity index (χ1v) is 7.51. The minimum absolute atomic E-state index is 0.150. The number of benzene rings is 2. The van der Waals surface area contributed by atoms with Gasteiger partial charge in [-0.2, -0.15) is 0 Å². The van der Waals surface area contributed by atoms with Gasteiger partial charge < -0.3 is 19.5 Å². The second kappa shape index (κ2) is 8.52. The Morgan fingerprint density at radius 1 is 1.04 bits per heavy atom. The smallest absolute Gasteiger partial charge is 0.271 e. The van der Waals surface area contributed by atoms with E-state index in [1.54, 1.807) is 24.3 Å². The third kappa shape index (κ3) is 4.73. The van der Waals surface area contributed by atoms with Crippen molar-refractivity contribution in [1.82, 2.24) is 0 Å². The van der Waals surface area contributed by atoms with E-state index >= 15 is 0 Å². The predicted molar refractivity (Wildman–Crippen MR) is 96.9 cm³/mol. The number of nitro groups is 1. The molecule has 8 heteroatoms. The standard InChI is InChI=1S/C18H18N2O6/c1-24-14-8-12(9-15(11-14)25-2)4-7-18(21)19-16-10-13(20(22)23)5-6-17(16)26-3/h4-11H,1-3H3,(H,19,21)/b7-4+. The minimum atomic E-state index is -0.548. The molecule has 0 aromatic heterocycles. The Kier molecular flexibility index (Phi) is 6.15. The number of nitrogens with zero attached hydrogens (tertiary/aromatic N) is 1. The Bertz CT molecular complexity index is 825. The molecule has 1 N–H and O–H groups in total. The zero-order valence-corrected chi connectivity index (χ0v) is 14.5. The molecule has 0 radical (unpaired) electrons. The molecule has 0 unspecified atom stereocenters. The van der Waals surface area contributed by atoms with E-state index in [1.807, 2.05) is 0 Å². The van der Waals surface area contributed by atoms with Crippen LogP contribution in [0.2, 0.25) is 0 Å². The van der Waals surface area contributed by atoms with Crippen LogP contribution in [0.1, 0.15) is 5.56 Å². The zero-order valence-electron chi connectivity index (χ0n) is 14.5. The normalized spacial score (nSPS) is 10.4. The second-order valence-corrected chi connectivity index (χ2v) is 5.11. The molecule has 0 fully saturated rings. The first-order valence-electron chi connectivity index (χ1n) is 7.51. The second-order valence-electron chi connectivity index (χ2n) is 5.11. The summed E-state index contributed by atoms with van der Waals surface area (Å²) in [5, 5.41) is 13.5. The SMILES string of the molecule is COc1cc(/C=C/C(=O)Nc2cc([N+](=O)[O-])ccc2OC)cc(OC)c1. The van der Waals surface area contributed by atoms with Crippen molar-refractivity contribution in [3.63, 3.8) is 0 Å². The Hall–Kier alpha value is -3.55. The highest BCUT2D eigenvalue weighted by molar-refractivity contribution is 6.03. The van der Waals surface area contributed by atoms with E-state index in [9.17, 15) is 14.9 Å². The van der Waals surface area contributed by atoms with Gasteiger partial charge in [0.2, 0.25) is 5.91 Å². The third-order valence-corrected chi connectivity index (χ3v) is 3.45. The van der Waals surface area contributed by atoms with Gasteiger partial charge in [0.25, 0.3) is 5.69 Å². The number of rotatable bonds is 7. The average molecular weight is 358 g/mol. The van der Waals surface area contributed by atoms with Crippen LogP contribution < -0.4 is 19.5 Å². The summed E-state index contributed by atoms with van der Waals surface area (Å²) in [5.41, 5.74) is 0.754. The van der Waals surface area contributed by atoms with Gasteiger partial charge in [0.05, 0.1) is 31.9 Å². The van der Waals surface area contributed by atoms with E-state index in [1.165, 1.54) is 45.6 Å². The van der Waals surface area contributed by atoms with Crippen molar-refractivity contribution in [1.29, 1.82) is 0 Å². The van der Waals surface area contributed by atoms with Crippen LogP contribution in [0, 0.1) is 10.1 Å². The summed E-state index contributed by atoms with van der Waals surface area (Å²) in [5.74, 6) is 1.03. The van der Waals surface area contributed by atoms with Gasteiger partial charge in [0.1, 0.15) is 17.2 Å². The van der Waals surface area contributed by atoms with Crippen molar-refractivity contribution >= 4 is 23.4 Å². The Balaban J connectivity index is 2.19. The molecule has 1 amide bonds. The van der Waals surface area contributed by atoms with Gasteiger partial charge in [0, 0.05) is 24.3 Å². The third-order valence-electron chi connectivity index (χ3n) is 3.45. The van der Waals surface area contributed by atoms with Crippen molar-refractivity contribution < 1.29 is 23.9 Å². The number of ether oxygens (including phenoxy) is 3. The van der Waals surface area contributed by atoms with Crippen molar-refractivity contribution in [3.8, 4) is 17.2 Å². The molecule has 2 aromatic carbocycles. The minimum Gasteiger partial charge on any atom is -0.497 e. The van der Waals surface area contributed by atoms with Gasteiger partial charge in [-0.15, -0.1) is 0 Å². The van der Waals surface area contributed by atoms with E-state index in [4.69, 9.17) is 14.2 Å². The number of nitro benzene ring substituents is 1. The lowest BCUT2D eigenvalue weighted by atomic mass is 10.2. The summed E-state index contributed by atoms with van der Waals surface area (Å²) >= 11 is 0. The van der Waals surface area contributed by atoms with Crippen LogP contribution in [-0.2, 0) is 4.79 Å². The Morgan fingerprint density at radius 2 is 1.69 bits per heavy atom. The molecule has 2 rings (SSSR count). The zero-order chi connectivity index (χ0) is 19.1. The van der Waals surface area contributed by atoms with Crippen molar-refractivity contribution in [2.45, 2.75) is 0 Å². The van der Waals surface area contributed by atoms with E-state index in [0.717, 1.165) is 0 Å². The van der Waals surface area contributed by atoms with Crippen LogP contribution in [0.5, 0.6) is 17.2 Å². The summed E-state index contributed by atoms with van der Waals surface area (Å²) in [7, 11) is 4.47. The molecule has 0 atom stereocenters. The molecule has 8 nitrogen and oxygen atoms in total. The van der Waals surface area contributed by atoms with Crippen LogP contribution in [-0.4, -0.2) is 32.2 Å². The lowest BCUT2D eigenvalue weighted by Crippen LogP contribution is -2.09. The van der Waals surface area contributed by atoms with Gasteiger partial charge >= 0.3 is 0 Å². The maximum Gasteiger partial charge on any atom is 0.271 e. The van der Waals surface area contributed by atoms with Gasteiger partial charge in [-0.05, 0) is 29.8 Å². The van der Waals surface area contributed by atoms with Crippen molar-refractivity contribution in [2.75, 3.05) is 26.6 Å². The summed E-state index contributed by atoms with van der Waals surface area (Å²) in [4.78, 5) is 22.5. The monoisotopic (exact) mass is 358 g/mol. The van der Waals surface area contributed by atoms with Gasteiger partial charge in [-0.3, -0.25) is 14.9 Å². The summed E-state index contributed by atoms with van der Waals surface area (Å²) in [6.45, 7) is 0. The van der Waals surface area contributed by atoms with Crippen LogP contribution >= 0.6 is 0 Å². The van der Waals surface area contributed by atoms with Crippen LogP contribution in [0.3, 0.4) is 0 Å². The van der Waals surface area contributed by atoms with Gasteiger partial charge in [0.15, 0.2) is 0 Å². The first kappa shape index (κ1) is 18.8. The lowest BCUT2D eigenvalue weighted by Gasteiger charge is -2.08. The van der Waals surface area contributed by atoms with Crippen LogP contribution in [0.15, 0.2) is 42.5 Å². The van der Waals surface area contributed by atoms with E-state index < -0.39 is 10.8 Å². The number of carbonyl (C=O) groups excluding carboxylic acids is 1. The molecule has 0 saturated heterocycles. The van der Waals surface area contributed by atoms with Crippen LogP contribution in [0.4, 0.5) is 11.4 Å². The molecule has 0 aliphatic heterocycles. The average Bonchev–Trinajstić information content (AvgIpc) is 2.65. The van der Waals surface area contributed by atoms with E-state index in [2.05, 4.69) is 5.32 Å². The molecule has 0 bridgehead atoms. The topological polar surface area (TPSA) is 99.9 Å². The molecule has 0 heterocycles. The number of hydrogen-bond acceptors (Lipinski definition) is 6. The number of anilines is 1. The van der Waals surface area contributed by atoms with Crippen molar-refractivity contribution in [2.24, 2.45) is 0 Å². The number of hydrogen-bond donors (Lipinski definition) is 1. The first-order chi connectivity index (χ1) is 12.5. The Morgan fingerprint density at radius 3 is 2.23 bits per heavy atom. The number of methoxy groups -OCH3 is 3. The highest BCUT2D eigenvalue weighted by Gasteiger charge is 2.12. The fourth-order valence-corrected chi connectivity index (χ4v) is 2.18. The summed E-state index contributed by atoms with van der Waals surface area (Å²) < 4.78 is 15.5. The molecule has 26 heavy (non-hydrogen) atoms. The van der Waals surface area contributed by atoms with E-state index in [0.29, 0.717) is 22.8 Å². The molecular weight excluding hydrogens is 340 g/mol. The summed E-state index contributed by atoms with van der Waals surface area (Å²) in [6, 6.07) is 9.14. The molecule has 0 aliphatic rings.